The number of pyridine rings is 1. The van der Waals surface area contributed by atoms with Crippen LogP contribution in [0.3, 0.4) is 0 Å². The molecule has 0 spiro atoms. The number of hydrogen-bond acceptors (Lipinski definition) is 6. The molecule has 0 atom stereocenters. The second-order valence-corrected chi connectivity index (χ2v) is 7.59. The van der Waals surface area contributed by atoms with E-state index >= 15 is 0 Å². The lowest BCUT2D eigenvalue weighted by atomic mass is 10.2. The van der Waals surface area contributed by atoms with E-state index < -0.39 is 11.9 Å². The highest BCUT2D eigenvalue weighted by Gasteiger charge is 2.36. The number of hydrogen-bond donors (Lipinski definition) is 2. The van der Waals surface area contributed by atoms with Crippen LogP contribution in [0.4, 0.5) is 18.9 Å². The second kappa shape index (κ2) is 11.8. The molecule has 0 saturated carbocycles. The summed E-state index contributed by atoms with van der Waals surface area (Å²) >= 11 is 0. The molecule has 3 N–H and O–H groups in total. The van der Waals surface area contributed by atoms with E-state index in [0.29, 0.717) is 10.2 Å². The molecule has 1 saturated heterocycles. The molecule has 3 aromatic rings. The van der Waals surface area contributed by atoms with Crippen molar-refractivity contribution in [3.63, 3.8) is 0 Å². The molecule has 0 radical (unpaired) electrons. The van der Waals surface area contributed by atoms with Crippen LogP contribution in [0, 0.1) is 5.41 Å². The third-order valence-electron chi connectivity index (χ3n) is 5.21. The lowest BCUT2D eigenvalue weighted by Gasteiger charge is -2.17. The van der Waals surface area contributed by atoms with Gasteiger partial charge in [-0.25, -0.2) is 4.68 Å². The third kappa shape index (κ3) is 6.66. The van der Waals surface area contributed by atoms with Gasteiger partial charge in [0.25, 0.3) is 0 Å². The average molecular weight is 483 g/mol. The molecule has 1 aliphatic heterocycles. The van der Waals surface area contributed by atoms with Crippen molar-refractivity contribution in [1.29, 1.82) is 5.41 Å². The fourth-order valence-electron chi connectivity index (χ4n) is 3.54. The van der Waals surface area contributed by atoms with Gasteiger partial charge in [0, 0.05) is 48.5 Å². The number of allylic oxidation sites excluding steroid dienone is 3. The summed E-state index contributed by atoms with van der Waals surface area (Å²) in [5.41, 5.74) is 6.64. The number of benzene rings is 1. The molecular formula is C25H25F3N6O. The van der Waals surface area contributed by atoms with Gasteiger partial charge >= 0.3 is 6.18 Å². The van der Waals surface area contributed by atoms with E-state index in [2.05, 4.69) is 21.0 Å². The zero-order chi connectivity index (χ0) is 25.3. The highest BCUT2D eigenvalue weighted by molar-refractivity contribution is 6.01. The summed E-state index contributed by atoms with van der Waals surface area (Å²) in [5, 5.41) is 11.2. The molecule has 0 aliphatic carbocycles. The normalized spacial score (nSPS) is 14.0. The van der Waals surface area contributed by atoms with Crippen LogP contribution in [0.25, 0.3) is 17.0 Å². The first-order valence-electron chi connectivity index (χ1n) is 10.8. The minimum atomic E-state index is -4.61. The minimum Gasteiger partial charge on any atom is -0.405 e. The monoisotopic (exact) mass is 482 g/mol. The van der Waals surface area contributed by atoms with Crippen LogP contribution in [0.1, 0.15) is 28.9 Å². The quantitative estimate of drug-likeness (QED) is 0.292. The summed E-state index contributed by atoms with van der Waals surface area (Å²) in [7, 11) is 0. The van der Waals surface area contributed by atoms with Gasteiger partial charge in [-0.3, -0.25) is 9.78 Å². The maximum absolute atomic E-state index is 13.2. The van der Waals surface area contributed by atoms with Crippen molar-refractivity contribution in [1.82, 2.24) is 14.8 Å². The summed E-state index contributed by atoms with van der Waals surface area (Å²) in [6.07, 6.45) is 6.28. The molecule has 0 unspecified atom stereocenters. The Hall–Kier alpha value is -4.21. The lowest BCUT2D eigenvalue weighted by molar-refractivity contribution is -0.142. The third-order valence-corrected chi connectivity index (χ3v) is 5.21. The molecule has 7 nitrogen and oxygen atoms in total. The summed E-state index contributed by atoms with van der Waals surface area (Å²) in [6, 6.07) is 11.9. The highest BCUT2D eigenvalue weighted by Crippen LogP contribution is 2.33. The van der Waals surface area contributed by atoms with Gasteiger partial charge in [0.1, 0.15) is 12.0 Å². The number of nitrogens with zero attached hydrogens (tertiary/aromatic N) is 4. The molecule has 10 heteroatoms. The molecule has 3 heterocycles. The molecule has 1 fully saturated rings. The van der Waals surface area contributed by atoms with Crippen LogP contribution in [0.15, 0.2) is 73.2 Å². The largest absolute Gasteiger partial charge is 0.433 e. The Morgan fingerprint density at radius 1 is 1.11 bits per heavy atom. The zero-order valence-electron chi connectivity index (χ0n) is 18.8. The molecule has 1 aliphatic rings. The van der Waals surface area contributed by atoms with Crippen molar-refractivity contribution in [2.75, 3.05) is 18.0 Å². The SMILES string of the molecule is N=C/C(=C\C=C\N)n1nc(-c2cccnc2)cc1C(F)(F)F.O=Cc1cccc(N2CCCC2)c1. The number of anilines is 1. The molecule has 182 valence electrons. The minimum absolute atomic E-state index is 0.0656. The number of halogens is 3. The molecule has 1 aromatic carbocycles. The number of carbonyl (C=O) groups is 1. The number of aldehydes is 1. The Bertz CT molecular complexity index is 1200. The molecule has 35 heavy (non-hydrogen) atoms. The summed E-state index contributed by atoms with van der Waals surface area (Å²) in [4.78, 5) is 16.7. The van der Waals surface area contributed by atoms with Crippen molar-refractivity contribution in [3.8, 4) is 11.3 Å². The molecular weight excluding hydrogens is 457 g/mol. The van der Waals surface area contributed by atoms with Gasteiger partial charge in [0.15, 0.2) is 0 Å². The fraction of sp³-hybridized carbons (Fsp3) is 0.200. The standard InChI is InChI=1S/C14H12F3N5.C11H13NO/c15-14(16,17)13-7-12(10-3-2-6-20-9-10)21-22(13)11(8-19)4-1-5-18;13-9-10-4-3-5-11(8-10)12-6-1-2-7-12/h1-9,19H,18H2;3-5,8-9H,1-2,6-7H2/b5-1+,11-4+,19-8?;. The van der Waals surface area contributed by atoms with Crippen LogP contribution in [-0.2, 0) is 6.18 Å². The summed E-state index contributed by atoms with van der Waals surface area (Å²) in [5.74, 6) is 0. The van der Waals surface area contributed by atoms with E-state index in [4.69, 9.17) is 11.1 Å². The van der Waals surface area contributed by atoms with Crippen molar-refractivity contribution >= 4 is 23.9 Å². The van der Waals surface area contributed by atoms with Crippen molar-refractivity contribution < 1.29 is 18.0 Å². The average Bonchev–Trinajstić information content (AvgIpc) is 3.57. The molecule has 0 amide bonds. The predicted octanol–water partition coefficient (Wildman–Crippen LogP) is 5.03. The Balaban J connectivity index is 0.000000223. The van der Waals surface area contributed by atoms with Crippen LogP contribution in [-0.4, -0.2) is 40.4 Å². The van der Waals surface area contributed by atoms with E-state index in [1.807, 2.05) is 18.2 Å². The Kier molecular flexibility index (Phi) is 8.55. The molecule has 4 rings (SSSR count). The Labute approximate surface area is 200 Å². The van der Waals surface area contributed by atoms with E-state index in [0.717, 1.165) is 43.4 Å². The summed E-state index contributed by atoms with van der Waals surface area (Å²) < 4.78 is 40.2. The van der Waals surface area contributed by atoms with Gasteiger partial charge in [-0.2, -0.15) is 18.3 Å². The first kappa shape index (κ1) is 25.4. The molecule has 2 aromatic heterocycles. The maximum Gasteiger partial charge on any atom is 0.433 e. The van der Waals surface area contributed by atoms with Gasteiger partial charge in [-0.15, -0.1) is 0 Å². The van der Waals surface area contributed by atoms with Crippen molar-refractivity contribution in [2.24, 2.45) is 5.73 Å². The predicted molar refractivity (Wildman–Crippen MR) is 130 cm³/mol. The Morgan fingerprint density at radius 2 is 1.89 bits per heavy atom. The van der Waals surface area contributed by atoms with Crippen LogP contribution >= 0.6 is 0 Å². The van der Waals surface area contributed by atoms with E-state index in [-0.39, 0.29) is 11.4 Å². The van der Waals surface area contributed by atoms with E-state index in [9.17, 15) is 18.0 Å². The number of alkyl halides is 3. The number of rotatable bonds is 6. The van der Waals surface area contributed by atoms with Gasteiger partial charge < -0.3 is 16.0 Å². The summed E-state index contributed by atoms with van der Waals surface area (Å²) in [6.45, 7) is 2.25. The second-order valence-electron chi connectivity index (χ2n) is 7.59. The van der Waals surface area contributed by atoms with Gasteiger partial charge in [0.2, 0.25) is 0 Å². The van der Waals surface area contributed by atoms with E-state index in [1.54, 1.807) is 12.1 Å². The smallest absolute Gasteiger partial charge is 0.405 e. The van der Waals surface area contributed by atoms with Crippen molar-refractivity contribution in [2.45, 2.75) is 19.0 Å². The van der Waals surface area contributed by atoms with E-state index in [1.165, 1.54) is 43.1 Å². The highest BCUT2D eigenvalue weighted by atomic mass is 19.4. The van der Waals surface area contributed by atoms with Crippen LogP contribution < -0.4 is 10.6 Å². The van der Waals surface area contributed by atoms with Crippen LogP contribution in [0.2, 0.25) is 0 Å². The number of carbonyl (C=O) groups excluding carboxylic acids is 1. The van der Waals surface area contributed by atoms with Crippen molar-refractivity contribution in [3.05, 3.63) is 84.5 Å². The van der Waals surface area contributed by atoms with Crippen LogP contribution in [0.5, 0.6) is 0 Å². The first-order valence-corrected chi connectivity index (χ1v) is 10.8. The number of aromatic nitrogens is 3. The zero-order valence-corrected chi connectivity index (χ0v) is 18.8. The topological polar surface area (TPSA) is 101 Å². The molecule has 0 bridgehead atoms. The fourth-order valence-corrected chi connectivity index (χ4v) is 3.54. The lowest BCUT2D eigenvalue weighted by Crippen LogP contribution is -2.17. The first-order chi connectivity index (χ1) is 16.9. The number of nitrogens with two attached hydrogens (primary N) is 1. The van der Waals surface area contributed by atoms with Gasteiger partial charge in [-0.1, -0.05) is 12.1 Å². The number of nitrogens with one attached hydrogen (secondary N) is 1. The van der Waals surface area contributed by atoms with Gasteiger partial charge in [0.05, 0.1) is 11.4 Å². The maximum atomic E-state index is 13.2. The van der Waals surface area contributed by atoms with Gasteiger partial charge in [-0.05, 0) is 61.5 Å². The Morgan fingerprint density at radius 3 is 2.49 bits per heavy atom.